The molecule has 0 aliphatic heterocycles. The van der Waals surface area contributed by atoms with Crippen LogP contribution in [0.1, 0.15) is 38.0 Å². The van der Waals surface area contributed by atoms with E-state index in [0.29, 0.717) is 24.0 Å². The summed E-state index contributed by atoms with van der Waals surface area (Å²) in [5.41, 5.74) is -0.237. The Kier molecular flexibility index (Phi) is 3.25. The van der Waals surface area contributed by atoms with E-state index in [2.05, 4.69) is 20.1 Å². The van der Waals surface area contributed by atoms with Crippen LogP contribution in [0.25, 0.3) is 11.6 Å². The summed E-state index contributed by atoms with van der Waals surface area (Å²) in [5, 5.41) is 13.0. The maximum Gasteiger partial charge on any atom is 0.303 e. The number of hydrogen-bond donors (Lipinski definition) is 2. The van der Waals surface area contributed by atoms with E-state index in [1.807, 2.05) is 0 Å². The highest BCUT2D eigenvalue weighted by Gasteiger charge is 2.38. The van der Waals surface area contributed by atoms with E-state index in [0.717, 1.165) is 25.7 Å². The predicted octanol–water partition coefficient (Wildman–Crippen LogP) is 2.04. The first-order valence-electron chi connectivity index (χ1n) is 6.71. The van der Waals surface area contributed by atoms with Crippen molar-refractivity contribution in [2.45, 2.75) is 38.5 Å². The third-order valence-electron chi connectivity index (χ3n) is 3.89. The zero-order chi connectivity index (χ0) is 14.0. The average molecular weight is 276 g/mol. The number of H-pyrrole nitrogens is 1. The van der Waals surface area contributed by atoms with Crippen LogP contribution in [0.5, 0.6) is 0 Å². The molecule has 2 N–H and O–H groups in total. The second-order valence-electron chi connectivity index (χ2n) is 5.40. The highest BCUT2D eigenvalue weighted by atomic mass is 16.5. The first-order valence-corrected chi connectivity index (χ1v) is 6.71. The minimum atomic E-state index is -0.766. The number of aromatic amines is 1. The van der Waals surface area contributed by atoms with Crippen LogP contribution in [0.3, 0.4) is 0 Å². The number of aliphatic carboxylic acids is 1. The van der Waals surface area contributed by atoms with Crippen LogP contribution >= 0.6 is 0 Å². The zero-order valence-electron chi connectivity index (χ0n) is 11.0. The van der Waals surface area contributed by atoms with Crippen molar-refractivity contribution >= 4 is 5.97 Å². The molecule has 2 aromatic rings. The fourth-order valence-corrected chi connectivity index (χ4v) is 2.99. The van der Waals surface area contributed by atoms with Gasteiger partial charge in [-0.1, -0.05) is 18.0 Å². The maximum atomic E-state index is 11.1. The quantitative estimate of drug-likeness (QED) is 0.865. The van der Waals surface area contributed by atoms with Crippen molar-refractivity contribution < 1.29 is 14.4 Å². The molecular weight excluding hydrogens is 260 g/mol. The smallest absolute Gasteiger partial charge is 0.303 e. The molecule has 106 valence electrons. The molecule has 1 fully saturated rings. The van der Waals surface area contributed by atoms with E-state index >= 15 is 0 Å². The van der Waals surface area contributed by atoms with Gasteiger partial charge in [0.2, 0.25) is 11.7 Å². The second kappa shape index (κ2) is 5.07. The van der Waals surface area contributed by atoms with Crippen LogP contribution in [0, 0.1) is 5.41 Å². The summed E-state index contributed by atoms with van der Waals surface area (Å²) in [6.45, 7) is 0. The Morgan fingerprint density at radius 2 is 2.25 bits per heavy atom. The summed E-state index contributed by atoms with van der Waals surface area (Å²) in [6, 6.07) is 0. The predicted molar refractivity (Wildman–Crippen MR) is 68.7 cm³/mol. The van der Waals surface area contributed by atoms with Crippen LogP contribution in [0.15, 0.2) is 16.9 Å². The Morgan fingerprint density at radius 1 is 1.45 bits per heavy atom. The lowest BCUT2D eigenvalue weighted by Gasteiger charge is -2.24. The van der Waals surface area contributed by atoms with Gasteiger partial charge in [-0.05, 0) is 18.3 Å². The Morgan fingerprint density at radius 3 is 2.90 bits per heavy atom. The first-order chi connectivity index (χ1) is 9.67. The maximum absolute atomic E-state index is 11.1. The molecule has 0 spiro atoms. The number of nitrogens with zero attached hydrogens (tertiary/aromatic N) is 3. The largest absolute Gasteiger partial charge is 0.481 e. The van der Waals surface area contributed by atoms with Crippen molar-refractivity contribution in [1.82, 2.24) is 20.1 Å². The lowest BCUT2D eigenvalue weighted by Crippen LogP contribution is -2.23. The second-order valence-corrected chi connectivity index (χ2v) is 5.40. The van der Waals surface area contributed by atoms with Gasteiger partial charge in [-0.2, -0.15) is 4.98 Å². The zero-order valence-corrected chi connectivity index (χ0v) is 11.0. The number of aromatic nitrogens is 4. The minimum Gasteiger partial charge on any atom is -0.481 e. The SMILES string of the molecule is O=C(O)CC1(Cc2nc(-c3ncc[nH]3)no2)CCCC1. The summed E-state index contributed by atoms with van der Waals surface area (Å²) in [6.07, 6.45) is 7.91. The van der Waals surface area contributed by atoms with Crippen molar-refractivity contribution in [3.63, 3.8) is 0 Å². The van der Waals surface area contributed by atoms with E-state index in [-0.39, 0.29) is 11.8 Å². The van der Waals surface area contributed by atoms with E-state index in [4.69, 9.17) is 9.63 Å². The number of carboxylic acids is 1. The molecule has 1 aliphatic rings. The number of nitrogens with one attached hydrogen (secondary N) is 1. The van der Waals surface area contributed by atoms with Crippen molar-refractivity contribution in [1.29, 1.82) is 0 Å². The Balaban J connectivity index is 1.77. The summed E-state index contributed by atoms with van der Waals surface area (Å²) in [4.78, 5) is 22.3. The topological polar surface area (TPSA) is 105 Å². The lowest BCUT2D eigenvalue weighted by molar-refractivity contribution is -0.139. The Bertz CT molecular complexity index is 585. The van der Waals surface area contributed by atoms with Gasteiger partial charge < -0.3 is 14.6 Å². The van der Waals surface area contributed by atoms with Crippen LogP contribution in [-0.4, -0.2) is 31.2 Å². The molecule has 1 aliphatic carbocycles. The molecule has 1 saturated carbocycles. The molecule has 2 aromatic heterocycles. The van der Waals surface area contributed by atoms with Crippen LogP contribution in [0.2, 0.25) is 0 Å². The van der Waals surface area contributed by atoms with Gasteiger partial charge in [0.15, 0.2) is 5.82 Å². The Labute approximate surface area is 115 Å². The lowest BCUT2D eigenvalue weighted by atomic mass is 9.79. The molecule has 7 nitrogen and oxygen atoms in total. The highest BCUT2D eigenvalue weighted by Crippen LogP contribution is 2.43. The van der Waals surface area contributed by atoms with Gasteiger partial charge in [-0.3, -0.25) is 4.79 Å². The molecule has 0 radical (unpaired) electrons. The molecule has 7 heteroatoms. The third kappa shape index (κ3) is 2.56. The molecule has 2 heterocycles. The first kappa shape index (κ1) is 12.8. The number of rotatable bonds is 5. The van der Waals surface area contributed by atoms with Crippen LogP contribution in [-0.2, 0) is 11.2 Å². The number of hydrogen-bond acceptors (Lipinski definition) is 5. The van der Waals surface area contributed by atoms with Crippen molar-refractivity contribution in [3.05, 3.63) is 18.3 Å². The van der Waals surface area contributed by atoms with Crippen LogP contribution in [0.4, 0.5) is 0 Å². The van der Waals surface area contributed by atoms with Crippen molar-refractivity contribution in [2.24, 2.45) is 5.41 Å². The van der Waals surface area contributed by atoms with Crippen molar-refractivity contribution in [3.8, 4) is 11.6 Å². The van der Waals surface area contributed by atoms with Gasteiger partial charge in [-0.25, -0.2) is 4.98 Å². The number of carbonyl (C=O) groups is 1. The van der Waals surface area contributed by atoms with Crippen molar-refractivity contribution in [2.75, 3.05) is 0 Å². The fourth-order valence-electron chi connectivity index (χ4n) is 2.99. The molecule has 0 aromatic carbocycles. The number of imidazole rings is 1. The normalized spacial score (nSPS) is 17.4. The molecule has 3 rings (SSSR count). The molecule has 0 amide bonds. The van der Waals surface area contributed by atoms with Gasteiger partial charge >= 0.3 is 5.97 Å². The number of carboxylic acid groups (broad SMARTS) is 1. The monoisotopic (exact) mass is 276 g/mol. The Hall–Kier alpha value is -2.18. The molecular formula is C13H16N4O3. The van der Waals surface area contributed by atoms with Crippen LogP contribution < -0.4 is 0 Å². The molecule has 0 atom stereocenters. The summed E-state index contributed by atoms with van der Waals surface area (Å²) < 4.78 is 5.24. The summed E-state index contributed by atoms with van der Waals surface area (Å²) in [7, 11) is 0. The van der Waals surface area contributed by atoms with E-state index in [1.165, 1.54) is 0 Å². The molecule has 20 heavy (non-hydrogen) atoms. The van der Waals surface area contributed by atoms with Gasteiger partial charge in [0.25, 0.3) is 0 Å². The van der Waals surface area contributed by atoms with E-state index in [1.54, 1.807) is 12.4 Å². The van der Waals surface area contributed by atoms with E-state index < -0.39 is 5.97 Å². The summed E-state index contributed by atoms with van der Waals surface area (Å²) >= 11 is 0. The highest BCUT2D eigenvalue weighted by molar-refractivity contribution is 5.67. The minimum absolute atomic E-state index is 0.158. The fraction of sp³-hybridized carbons (Fsp3) is 0.538. The standard InChI is InChI=1S/C13H16N4O3/c18-10(19)8-13(3-1-2-4-13)7-9-16-12(17-20-9)11-14-5-6-15-11/h5-6H,1-4,7-8H2,(H,14,15)(H,18,19). The van der Waals surface area contributed by atoms with Gasteiger partial charge in [0, 0.05) is 18.8 Å². The van der Waals surface area contributed by atoms with Gasteiger partial charge in [-0.15, -0.1) is 0 Å². The summed E-state index contributed by atoms with van der Waals surface area (Å²) in [5.74, 6) is 0.685. The van der Waals surface area contributed by atoms with Gasteiger partial charge in [0.1, 0.15) is 0 Å². The average Bonchev–Trinajstić information content (AvgIpc) is 3.08. The molecule has 0 saturated heterocycles. The molecule has 0 bridgehead atoms. The third-order valence-corrected chi connectivity index (χ3v) is 3.89. The molecule has 0 unspecified atom stereocenters. The van der Waals surface area contributed by atoms with E-state index in [9.17, 15) is 4.79 Å². The van der Waals surface area contributed by atoms with Gasteiger partial charge in [0.05, 0.1) is 6.42 Å².